The first kappa shape index (κ1) is 15.5. The number of alkyl carbamates (subject to hydrolysis) is 1. The SMILES string of the molecule is CCOC(=O)NC(=S)NC(=S)Nc1nccnc1Cl. The second kappa shape index (κ2) is 7.77. The molecule has 0 aromatic carbocycles. The topological polar surface area (TPSA) is 88.2 Å². The van der Waals surface area contributed by atoms with Crippen LogP contribution in [0.25, 0.3) is 0 Å². The Hall–Kier alpha value is -1.58. The van der Waals surface area contributed by atoms with Crippen LogP contribution in [0.5, 0.6) is 0 Å². The Kier molecular flexibility index (Phi) is 6.33. The van der Waals surface area contributed by atoms with Gasteiger partial charge >= 0.3 is 6.09 Å². The lowest BCUT2D eigenvalue weighted by atomic mass is 10.6. The average Bonchev–Trinajstić information content (AvgIpc) is 2.31. The van der Waals surface area contributed by atoms with E-state index in [1.165, 1.54) is 12.4 Å². The second-order valence-electron chi connectivity index (χ2n) is 2.95. The number of aromatic nitrogens is 2. The van der Waals surface area contributed by atoms with Gasteiger partial charge in [0.05, 0.1) is 6.61 Å². The quantitative estimate of drug-likeness (QED) is 0.706. The normalized spacial score (nSPS) is 9.37. The van der Waals surface area contributed by atoms with Gasteiger partial charge in [0, 0.05) is 12.4 Å². The number of carbonyl (C=O) groups excluding carboxylic acids is 1. The first-order valence-corrected chi connectivity index (χ1v) is 6.24. The number of amides is 1. The summed E-state index contributed by atoms with van der Waals surface area (Å²) >= 11 is 15.6. The number of anilines is 1. The molecule has 0 fully saturated rings. The van der Waals surface area contributed by atoms with Crippen LogP contribution in [0.1, 0.15) is 6.92 Å². The van der Waals surface area contributed by atoms with Gasteiger partial charge in [-0.25, -0.2) is 14.8 Å². The molecule has 10 heteroatoms. The molecule has 0 aliphatic carbocycles. The second-order valence-corrected chi connectivity index (χ2v) is 4.12. The van der Waals surface area contributed by atoms with Gasteiger partial charge in [-0.15, -0.1) is 0 Å². The molecular weight excluding hydrogens is 310 g/mol. The number of nitrogens with one attached hydrogen (secondary N) is 3. The molecule has 0 atom stereocenters. The summed E-state index contributed by atoms with van der Waals surface area (Å²) in [6.07, 6.45) is 2.23. The third kappa shape index (κ3) is 5.73. The number of hydrogen-bond donors (Lipinski definition) is 3. The third-order valence-electron chi connectivity index (χ3n) is 1.60. The molecule has 19 heavy (non-hydrogen) atoms. The van der Waals surface area contributed by atoms with Gasteiger partial charge in [0.25, 0.3) is 0 Å². The summed E-state index contributed by atoms with van der Waals surface area (Å²) in [5.74, 6) is 0.278. The van der Waals surface area contributed by atoms with Crippen molar-refractivity contribution in [1.29, 1.82) is 0 Å². The van der Waals surface area contributed by atoms with E-state index in [4.69, 9.17) is 36.0 Å². The zero-order chi connectivity index (χ0) is 14.3. The molecule has 0 saturated heterocycles. The van der Waals surface area contributed by atoms with Crippen LogP contribution >= 0.6 is 36.0 Å². The fraction of sp³-hybridized carbons (Fsp3) is 0.222. The van der Waals surface area contributed by atoms with E-state index >= 15 is 0 Å². The molecule has 0 bridgehead atoms. The Bertz CT molecular complexity index is 499. The highest BCUT2D eigenvalue weighted by molar-refractivity contribution is 7.82. The summed E-state index contributed by atoms with van der Waals surface area (Å²) in [6, 6.07) is 0. The molecule has 1 aromatic rings. The molecule has 1 heterocycles. The van der Waals surface area contributed by atoms with Crippen molar-refractivity contribution in [2.75, 3.05) is 11.9 Å². The minimum Gasteiger partial charge on any atom is -0.450 e. The molecule has 1 rings (SSSR count). The molecule has 3 N–H and O–H groups in total. The molecule has 0 aliphatic heterocycles. The zero-order valence-electron chi connectivity index (χ0n) is 9.77. The van der Waals surface area contributed by atoms with Gasteiger partial charge in [0.1, 0.15) is 0 Å². The van der Waals surface area contributed by atoms with Gasteiger partial charge in [-0.3, -0.25) is 5.32 Å². The minimum atomic E-state index is -0.666. The van der Waals surface area contributed by atoms with E-state index in [0.29, 0.717) is 0 Å². The Balaban J connectivity index is 2.45. The van der Waals surface area contributed by atoms with Crippen LogP contribution in [0.15, 0.2) is 12.4 Å². The number of hydrogen-bond acceptors (Lipinski definition) is 6. The maximum Gasteiger partial charge on any atom is 0.413 e. The van der Waals surface area contributed by atoms with Crippen LogP contribution in [0.4, 0.5) is 10.6 Å². The van der Waals surface area contributed by atoms with Crippen molar-refractivity contribution >= 4 is 58.2 Å². The number of halogens is 1. The van der Waals surface area contributed by atoms with Crippen LogP contribution < -0.4 is 16.0 Å². The maximum atomic E-state index is 11.1. The van der Waals surface area contributed by atoms with Gasteiger partial charge in [0.2, 0.25) is 0 Å². The standard InChI is InChI=1S/C9H10ClN5O2S2/c1-2-17-9(16)15-8(19)14-7(18)13-6-5(10)11-3-4-12-6/h3-4H,2H2,1H3,(H3,12,13,14,15,16,18,19). The van der Waals surface area contributed by atoms with E-state index in [0.717, 1.165) is 0 Å². The summed E-state index contributed by atoms with van der Waals surface area (Å²) in [6.45, 7) is 1.92. The number of ether oxygens (including phenoxy) is 1. The van der Waals surface area contributed by atoms with Crippen LogP contribution in [-0.2, 0) is 4.74 Å². The van der Waals surface area contributed by atoms with Crippen LogP contribution in [-0.4, -0.2) is 32.9 Å². The fourth-order valence-corrected chi connectivity index (χ4v) is 1.54. The molecule has 0 saturated carbocycles. The van der Waals surface area contributed by atoms with Crippen molar-refractivity contribution in [2.24, 2.45) is 0 Å². The van der Waals surface area contributed by atoms with Crippen molar-refractivity contribution < 1.29 is 9.53 Å². The Labute approximate surface area is 125 Å². The number of thiocarbonyl (C=S) groups is 2. The molecular formula is C9H10ClN5O2S2. The lowest BCUT2D eigenvalue weighted by molar-refractivity contribution is 0.158. The summed E-state index contributed by atoms with van der Waals surface area (Å²) in [5.41, 5.74) is 0. The van der Waals surface area contributed by atoms with E-state index < -0.39 is 6.09 Å². The lowest BCUT2D eigenvalue weighted by Crippen LogP contribution is -2.44. The monoisotopic (exact) mass is 319 g/mol. The van der Waals surface area contributed by atoms with Crippen molar-refractivity contribution in [3.63, 3.8) is 0 Å². The summed E-state index contributed by atoms with van der Waals surface area (Å²) in [7, 11) is 0. The summed E-state index contributed by atoms with van der Waals surface area (Å²) < 4.78 is 4.65. The Morgan fingerprint density at radius 2 is 2.00 bits per heavy atom. The highest BCUT2D eigenvalue weighted by Crippen LogP contribution is 2.13. The van der Waals surface area contributed by atoms with Gasteiger partial charge in [-0.1, -0.05) is 11.6 Å². The molecule has 0 radical (unpaired) electrons. The summed E-state index contributed by atoms with van der Waals surface area (Å²) in [4.78, 5) is 18.8. The first-order valence-electron chi connectivity index (χ1n) is 5.05. The smallest absolute Gasteiger partial charge is 0.413 e. The van der Waals surface area contributed by atoms with Crippen LogP contribution in [0.2, 0.25) is 5.15 Å². The van der Waals surface area contributed by atoms with E-state index in [9.17, 15) is 4.79 Å². The van der Waals surface area contributed by atoms with E-state index in [1.54, 1.807) is 6.92 Å². The van der Waals surface area contributed by atoms with Crippen LogP contribution in [0.3, 0.4) is 0 Å². The molecule has 1 amide bonds. The number of carbonyl (C=O) groups is 1. The zero-order valence-corrected chi connectivity index (χ0v) is 12.2. The minimum absolute atomic E-state index is 0.00374. The van der Waals surface area contributed by atoms with Crippen molar-refractivity contribution in [2.45, 2.75) is 6.92 Å². The molecule has 0 spiro atoms. The first-order chi connectivity index (χ1) is 9.02. The predicted molar refractivity (Wildman–Crippen MR) is 79.2 cm³/mol. The number of rotatable bonds is 2. The lowest BCUT2D eigenvalue weighted by Gasteiger charge is -2.11. The van der Waals surface area contributed by atoms with Gasteiger partial charge in [-0.05, 0) is 31.4 Å². The van der Waals surface area contributed by atoms with E-state index in [2.05, 4.69) is 30.7 Å². The summed E-state index contributed by atoms with van der Waals surface area (Å²) in [5, 5.41) is 7.79. The van der Waals surface area contributed by atoms with Crippen molar-refractivity contribution in [3.8, 4) is 0 Å². The highest BCUT2D eigenvalue weighted by atomic mass is 35.5. The Morgan fingerprint density at radius 3 is 2.63 bits per heavy atom. The molecule has 7 nitrogen and oxygen atoms in total. The van der Waals surface area contributed by atoms with Gasteiger partial charge < -0.3 is 15.4 Å². The third-order valence-corrected chi connectivity index (χ3v) is 2.29. The maximum absolute atomic E-state index is 11.1. The molecule has 1 aromatic heterocycles. The highest BCUT2D eigenvalue weighted by Gasteiger charge is 2.08. The van der Waals surface area contributed by atoms with Gasteiger partial charge in [-0.2, -0.15) is 0 Å². The average molecular weight is 320 g/mol. The van der Waals surface area contributed by atoms with Gasteiger partial charge in [0.15, 0.2) is 21.2 Å². The van der Waals surface area contributed by atoms with E-state index in [1.807, 2.05) is 0 Å². The largest absolute Gasteiger partial charge is 0.450 e. The predicted octanol–water partition coefficient (Wildman–Crippen LogP) is 1.45. The van der Waals surface area contributed by atoms with Crippen LogP contribution in [0, 0.1) is 0 Å². The fourth-order valence-electron chi connectivity index (χ4n) is 0.938. The molecule has 0 aliphatic rings. The number of nitrogens with zero attached hydrogens (tertiary/aromatic N) is 2. The molecule has 102 valence electrons. The molecule has 0 unspecified atom stereocenters. The Morgan fingerprint density at radius 1 is 1.32 bits per heavy atom. The van der Waals surface area contributed by atoms with E-state index in [-0.39, 0.29) is 27.8 Å². The van der Waals surface area contributed by atoms with Crippen molar-refractivity contribution in [1.82, 2.24) is 20.6 Å². The van der Waals surface area contributed by atoms with Crippen molar-refractivity contribution in [3.05, 3.63) is 17.5 Å².